The maximum absolute atomic E-state index is 13.5. The molecule has 0 spiro atoms. The number of likely N-dealkylation sites (N-methyl/N-ethyl adjacent to an activating group) is 1. The summed E-state index contributed by atoms with van der Waals surface area (Å²) in [6, 6.07) is 26.9. The van der Waals surface area contributed by atoms with Gasteiger partial charge in [-0.2, -0.15) is 0 Å². The zero-order valence-corrected chi connectivity index (χ0v) is 35.0. The molecule has 7 aliphatic heterocycles. The number of piperazine rings is 1. The Morgan fingerprint density at radius 1 is 0.885 bits per heavy atom. The second kappa shape index (κ2) is 16.0. The number of nitrogens with one attached hydrogen (secondary N) is 1. The largest absolute Gasteiger partial charge is 0.507 e. The van der Waals surface area contributed by atoms with Gasteiger partial charge in [0.2, 0.25) is 17.7 Å². The van der Waals surface area contributed by atoms with Crippen LogP contribution in [0.5, 0.6) is 5.75 Å². The molecule has 7 aliphatic rings. The summed E-state index contributed by atoms with van der Waals surface area (Å²) in [6.07, 6.45) is 3.99. The van der Waals surface area contributed by atoms with E-state index in [4.69, 9.17) is 5.73 Å². The lowest BCUT2D eigenvalue weighted by molar-refractivity contribution is -0.192. The fourth-order valence-electron chi connectivity index (χ4n) is 11.2. The van der Waals surface area contributed by atoms with E-state index in [1.54, 1.807) is 12.1 Å². The number of anilines is 3. The van der Waals surface area contributed by atoms with Gasteiger partial charge in [-0.3, -0.25) is 34.4 Å². The first-order chi connectivity index (χ1) is 29.6. The molecule has 4 atom stereocenters. The molecule has 0 radical (unpaired) electrons. The number of benzene rings is 3. The molecular weight excluding hydrogens is 769 g/mol. The van der Waals surface area contributed by atoms with Crippen molar-refractivity contribution < 1.29 is 19.5 Å². The quantitative estimate of drug-likeness (QED) is 0.200. The number of carbonyl (C=O) groups excluding carboxylic acids is 3. The molecule has 61 heavy (non-hydrogen) atoms. The molecule has 3 unspecified atom stereocenters. The van der Waals surface area contributed by atoms with Gasteiger partial charge in [-0.05, 0) is 91.7 Å². The summed E-state index contributed by atoms with van der Waals surface area (Å²) >= 11 is 0. The number of para-hydroxylation sites is 1. The average Bonchev–Trinajstić information content (AvgIpc) is 3.61. The lowest BCUT2D eigenvalue weighted by Gasteiger charge is -2.69. The zero-order chi connectivity index (χ0) is 41.8. The summed E-state index contributed by atoms with van der Waals surface area (Å²) in [6.45, 7) is 9.18. The van der Waals surface area contributed by atoms with Crippen LogP contribution in [0.3, 0.4) is 0 Å². The Balaban J connectivity index is 0.706. The van der Waals surface area contributed by atoms with Gasteiger partial charge >= 0.3 is 0 Å². The van der Waals surface area contributed by atoms with E-state index in [2.05, 4.69) is 82.5 Å². The predicted molar refractivity (Wildman–Crippen MR) is 234 cm³/mol. The Labute approximate surface area is 357 Å². The third-order valence-corrected chi connectivity index (χ3v) is 14.7. The highest BCUT2D eigenvalue weighted by atomic mass is 16.3. The first-order valence-electron chi connectivity index (χ1n) is 22.0. The molecule has 3 aromatic carbocycles. The lowest BCUT2D eigenvalue weighted by Crippen LogP contribution is -2.76. The maximum atomic E-state index is 13.5. The number of fused-ring (bicyclic) bond motifs is 2. The summed E-state index contributed by atoms with van der Waals surface area (Å²) in [7, 11) is 1.93. The van der Waals surface area contributed by atoms with Crippen LogP contribution in [-0.2, 0) is 26.5 Å². The number of phenols is 1. The van der Waals surface area contributed by atoms with Crippen molar-refractivity contribution >= 4 is 34.9 Å². The number of phenolic OH excluding ortho intramolecular Hbond substituents is 1. The monoisotopic (exact) mass is 824 g/mol. The van der Waals surface area contributed by atoms with E-state index in [0.717, 1.165) is 96.1 Å². The van der Waals surface area contributed by atoms with E-state index in [-0.39, 0.29) is 35.1 Å². The topological polar surface area (TPSA) is 155 Å². The lowest BCUT2D eigenvalue weighted by atomic mass is 9.59. The van der Waals surface area contributed by atoms with Gasteiger partial charge in [0.1, 0.15) is 11.8 Å². The van der Waals surface area contributed by atoms with Gasteiger partial charge in [0.25, 0.3) is 0 Å². The molecule has 7 saturated heterocycles. The van der Waals surface area contributed by atoms with Crippen LogP contribution < -0.4 is 20.9 Å². The van der Waals surface area contributed by atoms with Gasteiger partial charge < -0.3 is 25.5 Å². The van der Waals surface area contributed by atoms with Gasteiger partial charge in [-0.25, -0.2) is 0 Å². The Kier molecular flexibility index (Phi) is 10.4. The Morgan fingerprint density at radius 3 is 2.48 bits per heavy atom. The predicted octanol–water partition coefficient (Wildman–Crippen LogP) is 3.62. The number of imide groups is 1. The van der Waals surface area contributed by atoms with E-state index in [1.165, 1.54) is 16.7 Å². The molecule has 3 amide bonds. The van der Waals surface area contributed by atoms with Gasteiger partial charge in [-0.1, -0.05) is 48.5 Å². The Hall–Kier alpha value is -5.57. The van der Waals surface area contributed by atoms with E-state index in [0.29, 0.717) is 54.3 Å². The van der Waals surface area contributed by atoms with Crippen LogP contribution in [0.2, 0.25) is 0 Å². The van der Waals surface area contributed by atoms with Crippen LogP contribution in [0.4, 0.5) is 17.2 Å². The average molecular weight is 825 g/mol. The number of likely N-dealkylation sites (tertiary alicyclic amines) is 1. The SMILES string of the molecule is CN(c1cccc(C2CCN(CC(=O)N3CCN(Cc4cccc(C56C[C@@H]7CN(c8cc(-c9ccccc9O)nnc8N)CC5CN76)c4)CC3)CC2)c1)C1CCC(=O)NC1=O. The summed E-state index contributed by atoms with van der Waals surface area (Å²) in [5.74, 6) is 1.26. The minimum atomic E-state index is -0.347. The van der Waals surface area contributed by atoms with E-state index in [9.17, 15) is 19.5 Å². The molecule has 4 aromatic rings. The van der Waals surface area contributed by atoms with Crippen molar-refractivity contribution in [2.45, 2.75) is 62.2 Å². The van der Waals surface area contributed by atoms with Gasteiger partial charge in [0.15, 0.2) is 5.82 Å². The fourth-order valence-corrected chi connectivity index (χ4v) is 11.2. The molecule has 318 valence electrons. The van der Waals surface area contributed by atoms with Crippen LogP contribution in [0.15, 0.2) is 78.9 Å². The summed E-state index contributed by atoms with van der Waals surface area (Å²) < 4.78 is 0. The van der Waals surface area contributed by atoms with E-state index >= 15 is 0 Å². The summed E-state index contributed by atoms with van der Waals surface area (Å²) in [5.41, 5.74) is 13.6. The van der Waals surface area contributed by atoms with Crippen LogP contribution in [0, 0.1) is 5.92 Å². The fraction of sp³-hybridized carbons (Fsp3) is 0.468. The van der Waals surface area contributed by atoms with Gasteiger partial charge in [-0.15, -0.1) is 10.2 Å². The van der Waals surface area contributed by atoms with Crippen molar-refractivity contribution in [1.29, 1.82) is 0 Å². The number of nitrogens with two attached hydrogens (primary N) is 1. The molecule has 14 heteroatoms. The van der Waals surface area contributed by atoms with Crippen molar-refractivity contribution in [2.24, 2.45) is 5.92 Å². The van der Waals surface area contributed by atoms with Crippen molar-refractivity contribution in [1.82, 2.24) is 35.1 Å². The molecule has 0 saturated carbocycles. The summed E-state index contributed by atoms with van der Waals surface area (Å²) in [4.78, 5) is 51.6. The number of amides is 3. The molecule has 4 N–H and O–H groups in total. The highest BCUT2D eigenvalue weighted by molar-refractivity contribution is 6.01. The van der Waals surface area contributed by atoms with E-state index in [1.807, 2.05) is 36.2 Å². The first kappa shape index (κ1) is 39.6. The second-order valence-electron chi connectivity index (χ2n) is 18.1. The second-order valence-corrected chi connectivity index (χ2v) is 18.1. The highest BCUT2D eigenvalue weighted by Crippen LogP contribution is 2.60. The highest BCUT2D eigenvalue weighted by Gasteiger charge is 2.67. The Bertz CT molecular complexity index is 2330. The number of rotatable bonds is 10. The number of nitrogen functional groups attached to an aromatic ring is 1. The smallest absolute Gasteiger partial charge is 0.249 e. The number of carbonyl (C=O) groups is 3. The number of hydrogen-bond donors (Lipinski definition) is 3. The van der Waals surface area contributed by atoms with Crippen LogP contribution in [-0.4, -0.2) is 137 Å². The van der Waals surface area contributed by atoms with Gasteiger partial charge in [0, 0.05) is 89.0 Å². The van der Waals surface area contributed by atoms with Crippen molar-refractivity contribution in [2.75, 3.05) is 88.0 Å². The molecular formula is C47H56N10O4. The number of piperidine rings is 3. The maximum Gasteiger partial charge on any atom is 0.249 e. The number of aromatic hydroxyl groups is 1. The third-order valence-electron chi connectivity index (χ3n) is 14.7. The molecule has 8 heterocycles. The van der Waals surface area contributed by atoms with E-state index < -0.39 is 0 Å². The van der Waals surface area contributed by atoms with Crippen LogP contribution in [0.1, 0.15) is 54.7 Å². The minimum absolute atomic E-state index is 0.0449. The summed E-state index contributed by atoms with van der Waals surface area (Å²) in [5, 5.41) is 21.6. The first-order valence-corrected chi connectivity index (χ1v) is 22.0. The van der Waals surface area contributed by atoms with Gasteiger partial charge in [0.05, 0.1) is 23.5 Å². The molecule has 7 fully saturated rings. The van der Waals surface area contributed by atoms with Crippen LogP contribution in [0.25, 0.3) is 11.3 Å². The molecule has 1 aromatic heterocycles. The molecule has 14 nitrogen and oxygen atoms in total. The third kappa shape index (κ3) is 7.38. The van der Waals surface area contributed by atoms with Crippen molar-refractivity contribution in [3.63, 3.8) is 0 Å². The normalized spacial score (nSPS) is 26.0. The number of nitrogens with zero attached hydrogens (tertiary/aromatic N) is 8. The number of hydrogen-bond acceptors (Lipinski definition) is 12. The molecule has 4 bridgehead atoms. The number of aromatic nitrogens is 2. The minimum Gasteiger partial charge on any atom is -0.507 e. The molecule has 0 aliphatic carbocycles. The van der Waals surface area contributed by atoms with Crippen molar-refractivity contribution in [3.05, 3.63) is 95.6 Å². The van der Waals surface area contributed by atoms with Crippen LogP contribution >= 0.6 is 0 Å². The standard InChI is InChI=1S/C47H56N10O4/c1-52(40-12-13-43(59)49-46(40)61)36-9-5-7-33(23-36)32-14-16-53(17-15-32)30-44(60)55-20-18-54(19-21-55)26-31-6-4-8-34(22-31)47-25-37-29-56(27-35(47)28-57(37)47)41-24-39(50-51-45(41)48)38-10-2-3-11-42(38)58/h2-11,22-24,32,35,37,40,58H,12-21,25-30H2,1H3,(H2,48,51)(H,49,59,61)/t35?,37-,40?,47?/m1/s1. The Morgan fingerprint density at radius 2 is 1.69 bits per heavy atom. The zero-order valence-electron chi connectivity index (χ0n) is 35.0. The molecule has 11 rings (SSSR count). The van der Waals surface area contributed by atoms with Crippen molar-refractivity contribution in [3.8, 4) is 17.0 Å².